The highest BCUT2D eigenvalue weighted by Gasteiger charge is 2.27. The van der Waals surface area contributed by atoms with Gasteiger partial charge in [-0.25, -0.2) is 0 Å². The number of para-hydroxylation sites is 1. The molecule has 2 aromatic carbocycles. The molecule has 0 saturated heterocycles. The second-order valence-electron chi connectivity index (χ2n) is 8.69. The van der Waals surface area contributed by atoms with Crippen LogP contribution in [0.5, 0.6) is 5.75 Å². The summed E-state index contributed by atoms with van der Waals surface area (Å²) in [6.07, 6.45) is 0. The quantitative estimate of drug-likeness (QED) is 0.754. The van der Waals surface area contributed by atoms with E-state index >= 15 is 0 Å². The molecule has 0 spiro atoms. The van der Waals surface area contributed by atoms with Crippen molar-refractivity contribution in [1.82, 2.24) is 0 Å². The lowest BCUT2D eigenvalue weighted by Gasteiger charge is -2.28. The van der Waals surface area contributed by atoms with Gasteiger partial charge in [-0.15, -0.1) is 0 Å². The van der Waals surface area contributed by atoms with E-state index in [4.69, 9.17) is 0 Å². The monoisotopic (exact) mass is 339 g/mol. The Bertz CT molecular complexity index is 757. The van der Waals surface area contributed by atoms with Gasteiger partial charge in [0, 0.05) is 22.4 Å². The molecule has 3 nitrogen and oxygen atoms in total. The lowest BCUT2D eigenvalue weighted by Crippen LogP contribution is -2.20. The van der Waals surface area contributed by atoms with Crippen LogP contribution in [0.15, 0.2) is 36.4 Å². The number of amides is 1. The highest BCUT2D eigenvalue weighted by Crippen LogP contribution is 2.39. The van der Waals surface area contributed by atoms with Gasteiger partial charge in [0.2, 0.25) is 0 Å². The normalized spacial score (nSPS) is 12.1. The second kappa shape index (κ2) is 6.55. The summed E-state index contributed by atoms with van der Waals surface area (Å²) in [6.45, 7) is 14.2. The van der Waals surface area contributed by atoms with Crippen molar-refractivity contribution < 1.29 is 9.90 Å². The molecule has 0 aliphatic rings. The third-order valence-corrected chi connectivity index (χ3v) is 4.38. The molecule has 3 heteroatoms. The maximum absolute atomic E-state index is 12.8. The van der Waals surface area contributed by atoms with Crippen LogP contribution in [0.1, 0.15) is 68.6 Å². The van der Waals surface area contributed by atoms with Crippen LogP contribution in [0.4, 0.5) is 5.69 Å². The third kappa shape index (κ3) is 4.22. The van der Waals surface area contributed by atoms with E-state index in [1.54, 1.807) is 12.1 Å². The predicted octanol–water partition coefficient (Wildman–Crippen LogP) is 5.55. The Labute approximate surface area is 151 Å². The molecule has 0 aromatic heterocycles. The summed E-state index contributed by atoms with van der Waals surface area (Å²) < 4.78 is 0. The lowest BCUT2D eigenvalue weighted by atomic mass is 9.78. The molecule has 0 atom stereocenters. The molecule has 0 bridgehead atoms. The number of aromatic hydroxyl groups is 1. The molecule has 2 N–H and O–H groups in total. The minimum atomic E-state index is -0.261. The third-order valence-electron chi connectivity index (χ3n) is 4.38. The Kier molecular flexibility index (Phi) is 4.99. The summed E-state index contributed by atoms with van der Waals surface area (Å²) in [5.74, 6) is 0.123. The van der Waals surface area contributed by atoms with Crippen molar-refractivity contribution in [2.24, 2.45) is 0 Å². The van der Waals surface area contributed by atoms with Crippen LogP contribution in [0, 0.1) is 6.92 Å². The van der Waals surface area contributed by atoms with E-state index < -0.39 is 0 Å². The van der Waals surface area contributed by atoms with Crippen molar-refractivity contribution in [3.8, 4) is 5.75 Å². The molecule has 0 heterocycles. The number of phenolic OH excluding ortho intramolecular Hbond substituents is 1. The fourth-order valence-electron chi connectivity index (χ4n) is 2.82. The van der Waals surface area contributed by atoms with Crippen LogP contribution < -0.4 is 5.32 Å². The van der Waals surface area contributed by atoms with Crippen LogP contribution >= 0.6 is 0 Å². The highest BCUT2D eigenvalue weighted by molar-refractivity contribution is 6.05. The van der Waals surface area contributed by atoms with Crippen LogP contribution in [0.3, 0.4) is 0 Å². The first-order valence-corrected chi connectivity index (χ1v) is 8.66. The van der Waals surface area contributed by atoms with E-state index in [9.17, 15) is 9.90 Å². The van der Waals surface area contributed by atoms with Crippen molar-refractivity contribution >= 4 is 11.6 Å². The summed E-state index contributed by atoms with van der Waals surface area (Å²) >= 11 is 0. The minimum absolute atomic E-state index is 0.162. The molecule has 0 unspecified atom stereocenters. The average Bonchev–Trinajstić information content (AvgIpc) is 2.47. The molecular formula is C22H29NO2. The molecule has 1 amide bonds. The van der Waals surface area contributed by atoms with E-state index in [0.29, 0.717) is 5.56 Å². The zero-order valence-electron chi connectivity index (χ0n) is 16.3. The number of rotatable bonds is 2. The van der Waals surface area contributed by atoms with Gasteiger partial charge in [0.1, 0.15) is 5.75 Å². The summed E-state index contributed by atoms with van der Waals surface area (Å²) in [6, 6.07) is 11.3. The topological polar surface area (TPSA) is 49.3 Å². The number of hydrogen-bond acceptors (Lipinski definition) is 2. The lowest BCUT2D eigenvalue weighted by molar-refractivity contribution is 0.102. The van der Waals surface area contributed by atoms with Gasteiger partial charge in [0.15, 0.2) is 0 Å². The van der Waals surface area contributed by atoms with Crippen LogP contribution in [-0.4, -0.2) is 11.0 Å². The molecule has 0 aliphatic heterocycles. The summed E-state index contributed by atoms with van der Waals surface area (Å²) in [5.41, 5.74) is 3.43. The first-order valence-electron chi connectivity index (χ1n) is 8.66. The van der Waals surface area contributed by atoms with Gasteiger partial charge in [0.25, 0.3) is 5.91 Å². The van der Waals surface area contributed by atoms with Crippen LogP contribution in [-0.2, 0) is 10.8 Å². The predicted molar refractivity (Wildman–Crippen MR) is 105 cm³/mol. The minimum Gasteiger partial charge on any atom is -0.507 e. The van der Waals surface area contributed by atoms with Gasteiger partial charge >= 0.3 is 0 Å². The largest absolute Gasteiger partial charge is 0.507 e. The number of hydrogen-bond donors (Lipinski definition) is 2. The fraction of sp³-hybridized carbons (Fsp3) is 0.409. The van der Waals surface area contributed by atoms with E-state index in [1.165, 1.54) is 0 Å². The van der Waals surface area contributed by atoms with Gasteiger partial charge in [-0.1, -0.05) is 59.7 Å². The van der Waals surface area contributed by atoms with E-state index in [1.807, 2.05) is 72.7 Å². The Morgan fingerprint density at radius 2 is 1.40 bits per heavy atom. The fourth-order valence-corrected chi connectivity index (χ4v) is 2.82. The van der Waals surface area contributed by atoms with Crippen molar-refractivity contribution in [2.75, 3.05) is 5.32 Å². The Morgan fingerprint density at radius 1 is 0.920 bits per heavy atom. The first kappa shape index (κ1) is 19.0. The average molecular weight is 339 g/mol. The maximum Gasteiger partial charge on any atom is 0.255 e. The van der Waals surface area contributed by atoms with Gasteiger partial charge in [-0.2, -0.15) is 0 Å². The van der Waals surface area contributed by atoms with Gasteiger partial charge < -0.3 is 10.4 Å². The van der Waals surface area contributed by atoms with Gasteiger partial charge in [-0.05, 0) is 41.5 Å². The highest BCUT2D eigenvalue weighted by atomic mass is 16.3. The molecule has 2 rings (SSSR count). The van der Waals surface area contributed by atoms with Crippen molar-refractivity contribution in [3.63, 3.8) is 0 Å². The van der Waals surface area contributed by atoms with Gasteiger partial charge in [-0.3, -0.25) is 4.79 Å². The number of benzene rings is 2. The first-order chi connectivity index (χ1) is 11.4. The summed E-state index contributed by atoms with van der Waals surface area (Å²) in [7, 11) is 0. The molecule has 134 valence electrons. The van der Waals surface area contributed by atoms with E-state index in [-0.39, 0.29) is 22.5 Å². The van der Waals surface area contributed by atoms with E-state index in [2.05, 4.69) is 5.32 Å². The smallest absolute Gasteiger partial charge is 0.255 e. The van der Waals surface area contributed by atoms with Gasteiger partial charge in [0.05, 0.1) is 0 Å². The number of carbonyl (C=O) groups is 1. The number of phenols is 1. The van der Waals surface area contributed by atoms with Crippen molar-refractivity contribution in [2.45, 2.75) is 59.3 Å². The van der Waals surface area contributed by atoms with Crippen molar-refractivity contribution in [3.05, 3.63) is 58.7 Å². The van der Waals surface area contributed by atoms with E-state index in [0.717, 1.165) is 22.4 Å². The summed E-state index contributed by atoms with van der Waals surface area (Å²) in [4.78, 5) is 12.8. The number of carbonyl (C=O) groups excluding carboxylic acids is 1. The van der Waals surface area contributed by atoms with Crippen LogP contribution in [0.25, 0.3) is 0 Å². The molecule has 0 radical (unpaired) electrons. The maximum atomic E-state index is 12.8. The SMILES string of the molecule is Cc1ccccc1NC(=O)c1cc(C(C)(C)C)c(O)c(C(C)(C)C)c1. The number of anilines is 1. The Hall–Kier alpha value is -2.29. The Balaban J connectivity index is 2.54. The summed E-state index contributed by atoms with van der Waals surface area (Å²) in [5, 5.41) is 13.8. The molecule has 2 aromatic rings. The van der Waals surface area contributed by atoms with Crippen LogP contribution in [0.2, 0.25) is 0 Å². The molecule has 0 saturated carbocycles. The molecular weight excluding hydrogens is 310 g/mol. The second-order valence-corrected chi connectivity index (χ2v) is 8.69. The van der Waals surface area contributed by atoms with Crippen molar-refractivity contribution in [1.29, 1.82) is 0 Å². The molecule has 0 aliphatic carbocycles. The zero-order valence-corrected chi connectivity index (χ0v) is 16.3. The standard InChI is InChI=1S/C22H29NO2/c1-14-10-8-9-11-18(14)23-20(25)15-12-16(21(2,3)4)19(24)17(13-15)22(5,6)7/h8-13,24H,1-7H3,(H,23,25). The Morgan fingerprint density at radius 3 is 1.84 bits per heavy atom. The zero-order chi connectivity index (χ0) is 19.0. The number of aryl methyl sites for hydroxylation is 1. The molecule has 25 heavy (non-hydrogen) atoms. The molecule has 0 fully saturated rings. The number of nitrogens with one attached hydrogen (secondary N) is 1.